The fraction of sp³-hybridized carbons (Fsp3) is 0.412. The maximum absolute atomic E-state index is 13.9. The Morgan fingerprint density at radius 1 is 1.26 bits per heavy atom. The predicted molar refractivity (Wildman–Crippen MR) is 83.2 cm³/mol. The molecule has 0 saturated carbocycles. The number of rotatable bonds is 1. The van der Waals surface area contributed by atoms with Gasteiger partial charge in [0.25, 0.3) is 5.91 Å². The van der Waals surface area contributed by atoms with Gasteiger partial charge in [-0.2, -0.15) is 5.26 Å². The third kappa shape index (κ3) is 2.87. The van der Waals surface area contributed by atoms with Crippen LogP contribution in [-0.4, -0.2) is 33.9 Å². The minimum Gasteiger partial charge on any atom is -0.338 e. The lowest BCUT2D eigenvalue weighted by atomic mass is 9.98. The molecule has 2 heterocycles. The maximum atomic E-state index is 13.9. The number of aromatic nitrogens is 2. The van der Waals surface area contributed by atoms with Crippen LogP contribution < -0.4 is 0 Å². The second-order valence-corrected chi connectivity index (χ2v) is 5.91. The average molecular weight is 312 g/mol. The number of carbonyl (C=O) groups is 1. The van der Waals surface area contributed by atoms with Gasteiger partial charge < -0.3 is 4.90 Å². The lowest BCUT2D eigenvalue weighted by molar-refractivity contribution is 0.0708. The van der Waals surface area contributed by atoms with E-state index in [9.17, 15) is 9.18 Å². The number of hydrogen-bond acceptors (Lipinski definition) is 4. The van der Waals surface area contributed by atoms with Crippen molar-refractivity contribution in [3.05, 3.63) is 34.9 Å². The molecule has 1 aromatic carbocycles. The number of hydrogen-bond donors (Lipinski definition) is 0. The van der Waals surface area contributed by atoms with Crippen LogP contribution in [0.5, 0.6) is 0 Å². The van der Waals surface area contributed by atoms with E-state index in [0.29, 0.717) is 37.0 Å². The maximum Gasteiger partial charge on any atom is 0.256 e. The molecule has 1 saturated heterocycles. The van der Waals surface area contributed by atoms with Gasteiger partial charge in [-0.25, -0.2) is 14.4 Å². The number of benzene rings is 1. The quantitative estimate of drug-likeness (QED) is 0.812. The van der Waals surface area contributed by atoms with E-state index in [0.717, 1.165) is 11.4 Å². The lowest BCUT2D eigenvalue weighted by Gasteiger charge is -2.29. The normalized spacial score (nSPS) is 15.7. The Balaban J connectivity index is 2.00. The van der Waals surface area contributed by atoms with E-state index in [1.165, 1.54) is 12.1 Å². The van der Waals surface area contributed by atoms with Gasteiger partial charge in [0.2, 0.25) is 0 Å². The molecule has 6 heteroatoms. The summed E-state index contributed by atoms with van der Waals surface area (Å²) in [6.07, 6.45) is 1.30. The first-order chi connectivity index (χ1) is 11.0. The Bertz CT molecular complexity index is 819. The van der Waals surface area contributed by atoms with Crippen LogP contribution in [0.15, 0.2) is 12.1 Å². The van der Waals surface area contributed by atoms with Crippen LogP contribution in [0.4, 0.5) is 4.39 Å². The Kier molecular flexibility index (Phi) is 3.95. The number of nitrogens with zero attached hydrogens (tertiary/aromatic N) is 4. The van der Waals surface area contributed by atoms with Gasteiger partial charge >= 0.3 is 0 Å². The van der Waals surface area contributed by atoms with Gasteiger partial charge in [0, 0.05) is 25.1 Å². The van der Waals surface area contributed by atoms with E-state index in [1.807, 2.05) is 6.92 Å². The molecule has 0 atom stereocenters. The van der Waals surface area contributed by atoms with Crippen LogP contribution in [0, 0.1) is 36.9 Å². The number of piperidine rings is 1. The molecule has 23 heavy (non-hydrogen) atoms. The highest BCUT2D eigenvalue weighted by atomic mass is 19.1. The van der Waals surface area contributed by atoms with E-state index < -0.39 is 5.82 Å². The molecule has 1 aliphatic heterocycles. The number of carbonyl (C=O) groups excluding carboxylic acids is 1. The molecule has 0 bridgehead atoms. The minimum atomic E-state index is -0.495. The van der Waals surface area contributed by atoms with Crippen molar-refractivity contribution in [2.75, 3.05) is 13.1 Å². The van der Waals surface area contributed by atoms with E-state index in [-0.39, 0.29) is 17.4 Å². The summed E-state index contributed by atoms with van der Waals surface area (Å²) in [5.74, 6) is -0.748. The highest BCUT2D eigenvalue weighted by Crippen LogP contribution is 2.23. The van der Waals surface area contributed by atoms with Crippen LogP contribution in [0.1, 0.15) is 34.6 Å². The smallest absolute Gasteiger partial charge is 0.256 e. The third-order valence-corrected chi connectivity index (χ3v) is 4.34. The standard InChI is InChI=1S/C17H17FN4O/c1-10-11(2)21-16-14(7-13(18)8-15(16)20-10)17(23)22-5-3-12(9-19)4-6-22/h7-8,12H,3-6H2,1-2H3. The van der Waals surface area contributed by atoms with Crippen molar-refractivity contribution >= 4 is 16.9 Å². The molecule has 2 aromatic rings. The van der Waals surface area contributed by atoms with Gasteiger partial charge in [-0.15, -0.1) is 0 Å². The Labute approximate surface area is 133 Å². The van der Waals surface area contributed by atoms with Gasteiger partial charge in [0.15, 0.2) is 0 Å². The zero-order valence-electron chi connectivity index (χ0n) is 13.1. The summed E-state index contributed by atoms with van der Waals surface area (Å²) in [4.78, 5) is 23.2. The summed E-state index contributed by atoms with van der Waals surface area (Å²) in [5, 5.41) is 8.95. The predicted octanol–water partition coefficient (Wildman–Crippen LogP) is 2.76. The summed E-state index contributed by atoms with van der Waals surface area (Å²) in [6, 6.07) is 4.76. The van der Waals surface area contributed by atoms with E-state index in [2.05, 4.69) is 16.0 Å². The minimum absolute atomic E-state index is 0.00649. The zero-order valence-corrected chi connectivity index (χ0v) is 13.1. The summed E-state index contributed by atoms with van der Waals surface area (Å²) < 4.78 is 13.9. The first-order valence-corrected chi connectivity index (χ1v) is 7.63. The van der Waals surface area contributed by atoms with Gasteiger partial charge in [0.1, 0.15) is 11.3 Å². The molecule has 5 nitrogen and oxygen atoms in total. The highest BCUT2D eigenvalue weighted by molar-refractivity contribution is 6.04. The van der Waals surface area contributed by atoms with Gasteiger partial charge in [-0.3, -0.25) is 4.79 Å². The second-order valence-electron chi connectivity index (χ2n) is 5.91. The topological polar surface area (TPSA) is 69.9 Å². The zero-order chi connectivity index (χ0) is 16.6. The molecule has 1 aromatic heterocycles. The molecular formula is C17H17FN4O. The number of amides is 1. The van der Waals surface area contributed by atoms with Crippen molar-refractivity contribution in [3.63, 3.8) is 0 Å². The van der Waals surface area contributed by atoms with Crippen LogP contribution in [0.3, 0.4) is 0 Å². The number of fused-ring (bicyclic) bond motifs is 1. The fourth-order valence-electron chi connectivity index (χ4n) is 2.84. The number of aryl methyl sites for hydroxylation is 2. The van der Waals surface area contributed by atoms with Gasteiger partial charge in [-0.05, 0) is 32.8 Å². The van der Waals surface area contributed by atoms with Crippen molar-refractivity contribution in [2.24, 2.45) is 5.92 Å². The van der Waals surface area contributed by atoms with E-state index in [4.69, 9.17) is 5.26 Å². The molecule has 1 fully saturated rings. The second kappa shape index (κ2) is 5.92. The molecule has 118 valence electrons. The van der Waals surface area contributed by atoms with Crippen molar-refractivity contribution in [1.29, 1.82) is 5.26 Å². The van der Waals surface area contributed by atoms with Gasteiger partial charge in [0.05, 0.1) is 28.5 Å². The average Bonchev–Trinajstić information content (AvgIpc) is 2.55. The molecule has 0 radical (unpaired) electrons. The van der Waals surface area contributed by atoms with Crippen molar-refractivity contribution < 1.29 is 9.18 Å². The van der Waals surface area contributed by atoms with E-state index >= 15 is 0 Å². The van der Waals surface area contributed by atoms with Crippen molar-refractivity contribution in [2.45, 2.75) is 26.7 Å². The molecule has 1 aliphatic rings. The Morgan fingerprint density at radius 2 is 1.91 bits per heavy atom. The van der Waals surface area contributed by atoms with Crippen LogP contribution >= 0.6 is 0 Å². The highest BCUT2D eigenvalue weighted by Gasteiger charge is 2.25. The third-order valence-electron chi connectivity index (χ3n) is 4.34. The molecule has 3 rings (SSSR count). The Morgan fingerprint density at radius 3 is 2.57 bits per heavy atom. The molecule has 0 aliphatic carbocycles. The summed E-state index contributed by atoms with van der Waals surface area (Å²) in [5.41, 5.74) is 2.51. The molecule has 0 spiro atoms. The fourth-order valence-corrected chi connectivity index (χ4v) is 2.84. The van der Waals surface area contributed by atoms with Gasteiger partial charge in [-0.1, -0.05) is 0 Å². The van der Waals surface area contributed by atoms with Crippen LogP contribution in [0.25, 0.3) is 11.0 Å². The number of likely N-dealkylation sites (tertiary alicyclic amines) is 1. The van der Waals surface area contributed by atoms with Crippen molar-refractivity contribution in [3.8, 4) is 6.07 Å². The number of halogens is 1. The Hall–Kier alpha value is -2.55. The molecular weight excluding hydrogens is 295 g/mol. The molecule has 0 N–H and O–H groups in total. The van der Waals surface area contributed by atoms with Crippen LogP contribution in [-0.2, 0) is 0 Å². The van der Waals surface area contributed by atoms with Crippen molar-refractivity contribution in [1.82, 2.24) is 14.9 Å². The summed E-state index contributed by atoms with van der Waals surface area (Å²) in [6.45, 7) is 4.64. The molecule has 0 unspecified atom stereocenters. The summed E-state index contributed by atoms with van der Waals surface area (Å²) in [7, 11) is 0. The number of nitriles is 1. The van der Waals surface area contributed by atoms with Crippen LogP contribution in [0.2, 0.25) is 0 Å². The lowest BCUT2D eigenvalue weighted by Crippen LogP contribution is -2.38. The monoisotopic (exact) mass is 312 g/mol. The molecule has 1 amide bonds. The van der Waals surface area contributed by atoms with E-state index in [1.54, 1.807) is 11.8 Å². The summed E-state index contributed by atoms with van der Waals surface area (Å²) >= 11 is 0. The first-order valence-electron chi connectivity index (χ1n) is 7.63. The largest absolute Gasteiger partial charge is 0.338 e. The SMILES string of the molecule is Cc1nc2cc(F)cc(C(=O)N3CCC(C#N)CC3)c2nc1C. The first kappa shape index (κ1) is 15.3.